The Balaban J connectivity index is 4.02. The molecule has 0 saturated carbocycles. The number of rotatable bonds is 8. The second kappa shape index (κ2) is 8.47. The molecule has 0 heterocycles. The molecule has 0 amide bonds. The van der Waals surface area contributed by atoms with E-state index < -0.39 is 18.4 Å². The summed E-state index contributed by atoms with van der Waals surface area (Å²) in [6, 6.07) is 0. The molecular formula is C12H16O4. The summed E-state index contributed by atoms with van der Waals surface area (Å²) in [5, 5.41) is 8.32. The summed E-state index contributed by atoms with van der Waals surface area (Å²) in [6.07, 6.45) is 6.02. The summed E-state index contributed by atoms with van der Waals surface area (Å²) < 4.78 is 4.71. The molecule has 4 heteroatoms. The predicted octanol–water partition coefficient (Wildman–Crippen LogP) is 2.08. The van der Waals surface area contributed by atoms with Gasteiger partial charge in [-0.3, -0.25) is 9.59 Å². The minimum Gasteiger partial charge on any atom is -0.481 e. The second-order valence-corrected chi connectivity index (χ2v) is 3.10. The zero-order valence-electron chi connectivity index (χ0n) is 9.15. The molecule has 0 bridgehead atoms. The fraction of sp³-hybridized carbons (Fsp3) is 0.333. The zero-order chi connectivity index (χ0) is 12.4. The number of carbonyl (C=O) groups excluding carboxylic acids is 1. The molecule has 0 aromatic carbocycles. The van der Waals surface area contributed by atoms with Gasteiger partial charge in [0, 0.05) is 0 Å². The molecule has 0 rings (SSSR count). The lowest BCUT2D eigenvalue weighted by atomic mass is 10.1. The molecular weight excluding hydrogens is 208 g/mol. The lowest BCUT2D eigenvalue weighted by Crippen LogP contribution is -2.10. The number of carboxylic acid groups (broad SMARTS) is 1. The van der Waals surface area contributed by atoms with E-state index in [1.807, 2.05) is 0 Å². The summed E-state index contributed by atoms with van der Waals surface area (Å²) in [4.78, 5) is 21.0. The average molecular weight is 224 g/mol. The highest BCUT2D eigenvalue weighted by Gasteiger charge is 2.07. The molecule has 0 spiro atoms. The third-order valence-electron chi connectivity index (χ3n) is 1.72. The highest BCUT2D eigenvalue weighted by atomic mass is 16.5. The molecule has 4 nitrogen and oxygen atoms in total. The predicted molar refractivity (Wildman–Crippen MR) is 60.9 cm³/mol. The van der Waals surface area contributed by atoms with E-state index in [4.69, 9.17) is 9.84 Å². The Kier molecular flexibility index (Phi) is 7.49. The van der Waals surface area contributed by atoms with Gasteiger partial charge >= 0.3 is 11.9 Å². The zero-order valence-corrected chi connectivity index (χ0v) is 9.15. The molecule has 16 heavy (non-hydrogen) atoms. The lowest BCUT2D eigenvalue weighted by molar-refractivity contribution is -0.150. The molecule has 0 aromatic heterocycles. The Morgan fingerprint density at radius 1 is 1.19 bits per heavy atom. The number of hydrogen-bond acceptors (Lipinski definition) is 3. The highest BCUT2D eigenvalue weighted by molar-refractivity contribution is 5.90. The molecule has 0 atom stereocenters. The van der Waals surface area contributed by atoms with Crippen molar-refractivity contribution in [2.24, 2.45) is 0 Å². The number of aliphatic carboxylic acids is 1. The first-order valence-electron chi connectivity index (χ1n) is 4.87. The summed E-state index contributed by atoms with van der Waals surface area (Å²) in [5.74, 6) is -1.92. The van der Waals surface area contributed by atoms with Crippen molar-refractivity contribution in [3.8, 4) is 0 Å². The van der Waals surface area contributed by atoms with Gasteiger partial charge in [0.15, 0.2) is 0 Å². The first kappa shape index (κ1) is 14.2. The fourth-order valence-corrected chi connectivity index (χ4v) is 1.05. The van der Waals surface area contributed by atoms with Crippen molar-refractivity contribution in [2.75, 3.05) is 6.61 Å². The molecule has 0 radical (unpaired) electrons. The topological polar surface area (TPSA) is 63.6 Å². The largest absolute Gasteiger partial charge is 0.481 e. The molecule has 0 aromatic rings. The van der Waals surface area contributed by atoms with Crippen molar-refractivity contribution in [3.05, 3.63) is 37.0 Å². The van der Waals surface area contributed by atoms with Gasteiger partial charge in [-0.2, -0.15) is 0 Å². The van der Waals surface area contributed by atoms with Crippen LogP contribution in [0.4, 0.5) is 0 Å². The van der Waals surface area contributed by atoms with Crippen molar-refractivity contribution >= 4 is 11.9 Å². The van der Waals surface area contributed by atoms with Gasteiger partial charge in [-0.05, 0) is 18.9 Å². The van der Waals surface area contributed by atoms with Crippen LogP contribution in [0.1, 0.15) is 19.3 Å². The molecule has 0 fully saturated rings. The third-order valence-corrected chi connectivity index (χ3v) is 1.72. The van der Waals surface area contributed by atoms with Crippen LogP contribution in [0.3, 0.4) is 0 Å². The number of carboxylic acids is 1. The van der Waals surface area contributed by atoms with Gasteiger partial charge < -0.3 is 9.84 Å². The molecule has 88 valence electrons. The molecule has 0 aliphatic rings. The minimum absolute atomic E-state index is 0.0864. The highest BCUT2D eigenvalue weighted by Crippen LogP contribution is 2.07. The van der Waals surface area contributed by atoms with Crippen LogP contribution in [0.5, 0.6) is 0 Å². The van der Waals surface area contributed by atoms with Gasteiger partial charge in [0.25, 0.3) is 0 Å². The average Bonchev–Trinajstić information content (AvgIpc) is 2.17. The van der Waals surface area contributed by atoms with Crippen LogP contribution in [-0.2, 0) is 14.3 Å². The maximum Gasteiger partial charge on any atom is 0.317 e. The Bertz CT molecular complexity index is 290. The number of carbonyl (C=O) groups is 2. The van der Waals surface area contributed by atoms with Gasteiger partial charge in [-0.15, -0.1) is 13.2 Å². The second-order valence-electron chi connectivity index (χ2n) is 3.10. The molecule has 0 unspecified atom stereocenters. The molecule has 0 aliphatic carbocycles. The Hall–Kier alpha value is -1.84. The molecule has 0 aliphatic heterocycles. The van der Waals surface area contributed by atoms with Gasteiger partial charge in [0.1, 0.15) is 13.0 Å². The fourth-order valence-electron chi connectivity index (χ4n) is 1.05. The van der Waals surface area contributed by atoms with E-state index in [1.54, 1.807) is 18.2 Å². The summed E-state index contributed by atoms with van der Waals surface area (Å²) in [7, 11) is 0. The van der Waals surface area contributed by atoms with Crippen molar-refractivity contribution in [3.63, 3.8) is 0 Å². The van der Waals surface area contributed by atoms with Crippen molar-refractivity contribution < 1.29 is 19.4 Å². The standard InChI is InChI=1S/C12H16O4/c1-3-5-10(6-4-2)7-8-16-12(15)9-11(13)14/h3-4,7H,1-2,5-6,8-9H2,(H,13,14). The van der Waals surface area contributed by atoms with Gasteiger partial charge in [0.05, 0.1) is 0 Å². The van der Waals surface area contributed by atoms with E-state index in [0.717, 1.165) is 5.57 Å². The summed E-state index contributed by atoms with van der Waals surface area (Å²) >= 11 is 0. The van der Waals surface area contributed by atoms with Gasteiger partial charge in [0.2, 0.25) is 0 Å². The van der Waals surface area contributed by atoms with Crippen LogP contribution >= 0.6 is 0 Å². The lowest BCUT2D eigenvalue weighted by Gasteiger charge is -2.02. The van der Waals surface area contributed by atoms with Crippen LogP contribution < -0.4 is 0 Å². The van der Waals surface area contributed by atoms with E-state index in [-0.39, 0.29) is 6.61 Å². The Labute approximate surface area is 94.9 Å². The normalized spacial score (nSPS) is 9.00. The van der Waals surface area contributed by atoms with E-state index in [1.165, 1.54) is 0 Å². The van der Waals surface area contributed by atoms with Gasteiger partial charge in [-0.1, -0.05) is 17.7 Å². The first-order valence-corrected chi connectivity index (χ1v) is 4.87. The van der Waals surface area contributed by atoms with Crippen molar-refractivity contribution in [1.29, 1.82) is 0 Å². The summed E-state index contributed by atoms with van der Waals surface area (Å²) in [5.41, 5.74) is 1.04. The smallest absolute Gasteiger partial charge is 0.317 e. The van der Waals surface area contributed by atoms with E-state index in [9.17, 15) is 9.59 Å². The maximum absolute atomic E-state index is 10.9. The number of esters is 1. The third kappa shape index (κ3) is 7.55. The minimum atomic E-state index is -1.19. The first-order chi connectivity index (χ1) is 7.60. The monoisotopic (exact) mass is 224 g/mol. The molecule has 1 N–H and O–H groups in total. The summed E-state index contributed by atoms with van der Waals surface area (Å²) in [6.45, 7) is 7.30. The van der Waals surface area contributed by atoms with E-state index in [0.29, 0.717) is 12.8 Å². The maximum atomic E-state index is 10.9. The van der Waals surface area contributed by atoms with Crippen molar-refractivity contribution in [2.45, 2.75) is 19.3 Å². The van der Waals surface area contributed by atoms with Crippen LogP contribution in [-0.4, -0.2) is 23.7 Å². The van der Waals surface area contributed by atoms with Crippen LogP contribution in [0.2, 0.25) is 0 Å². The van der Waals surface area contributed by atoms with Crippen LogP contribution in [0.15, 0.2) is 37.0 Å². The Morgan fingerprint density at radius 2 is 1.75 bits per heavy atom. The molecule has 0 saturated heterocycles. The SMILES string of the molecule is C=CCC(=CCOC(=O)CC(=O)O)CC=C. The number of hydrogen-bond donors (Lipinski definition) is 1. The van der Waals surface area contributed by atoms with Gasteiger partial charge in [-0.25, -0.2) is 0 Å². The number of allylic oxidation sites excluding steroid dienone is 3. The van der Waals surface area contributed by atoms with E-state index in [2.05, 4.69) is 13.2 Å². The van der Waals surface area contributed by atoms with Crippen LogP contribution in [0.25, 0.3) is 0 Å². The van der Waals surface area contributed by atoms with E-state index >= 15 is 0 Å². The van der Waals surface area contributed by atoms with Crippen molar-refractivity contribution in [1.82, 2.24) is 0 Å². The number of ether oxygens (including phenoxy) is 1. The van der Waals surface area contributed by atoms with Crippen LogP contribution in [0, 0.1) is 0 Å². The quantitative estimate of drug-likeness (QED) is 0.389. The Morgan fingerprint density at radius 3 is 2.19 bits per heavy atom.